The second-order valence-corrected chi connectivity index (χ2v) is 5.63. The largest absolute Gasteiger partial charge is 0.487 e. The summed E-state index contributed by atoms with van der Waals surface area (Å²) in [5.41, 5.74) is -0.577. The van der Waals surface area contributed by atoms with E-state index in [2.05, 4.69) is 0 Å². The molecule has 1 saturated carbocycles. The molecule has 92 valence electrons. The highest BCUT2D eigenvalue weighted by Crippen LogP contribution is 2.53. The van der Waals surface area contributed by atoms with Gasteiger partial charge < -0.3 is 18.9 Å². The Balaban J connectivity index is 1.70. The van der Waals surface area contributed by atoms with Crippen LogP contribution in [0.5, 0.6) is 0 Å². The van der Waals surface area contributed by atoms with Crippen molar-refractivity contribution in [2.45, 2.75) is 56.4 Å². The summed E-state index contributed by atoms with van der Waals surface area (Å²) in [5, 5.41) is 0. The van der Waals surface area contributed by atoms with Crippen molar-refractivity contribution >= 4 is 5.97 Å². The van der Waals surface area contributed by atoms with Crippen LogP contribution in [0.1, 0.15) is 26.7 Å². The van der Waals surface area contributed by atoms with Gasteiger partial charge in [-0.15, -0.1) is 0 Å². The van der Waals surface area contributed by atoms with Crippen LogP contribution in [0.25, 0.3) is 0 Å². The summed E-state index contributed by atoms with van der Waals surface area (Å²) in [6, 6.07) is 0. The fourth-order valence-electron chi connectivity index (χ4n) is 3.39. The summed E-state index contributed by atoms with van der Waals surface area (Å²) < 4.78 is 22.9. The lowest BCUT2D eigenvalue weighted by Gasteiger charge is -2.32. The van der Waals surface area contributed by atoms with Crippen molar-refractivity contribution in [1.29, 1.82) is 0 Å². The highest BCUT2D eigenvalue weighted by atomic mass is 16.8. The third-order valence-electron chi connectivity index (χ3n) is 3.92. The molecule has 3 aliphatic heterocycles. The van der Waals surface area contributed by atoms with Crippen LogP contribution in [-0.4, -0.2) is 35.7 Å². The van der Waals surface area contributed by atoms with E-state index in [4.69, 9.17) is 18.9 Å². The van der Waals surface area contributed by atoms with E-state index in [1.54, 1.807) is 0 Å². The molecule has 1 unspecified atom stereocenters. The van der Waals surface area contributed by atoms with Crippen molar-refractivity contribution in [3.63, 3.8) is 0 Å². The Hall–Kier alpha value is -1.07. The SMILES string of the molecule is CC1(C)OC2[C@H]3C[C@]4(C[C@H]2O1)OC(=O)C=C4O3. The zero-order valence-corrected chi connectivity index (χ0v) is 9.76. The first kappa shape index (κ1) is 9.91. The predicted octanol–water partition coefficient (Wildman–Crippen LogP) is 0.879. The third-order valence-corrected chi connectivity index (χ3v) is 3.92. The quantitative estimate of drug-likeness (QED) is 0.586. The van der Waals surface area contributed by atoms with Gasteiger partial charge in [-0.2, -0.15) is 0 Å². The Bertz CT molecular complexity index is 440. The minimum Gasteiger partial charge on any atom is -0.487 e. The van der Waals surface area contributed by atoms with E-state index in [1.807, 2.05) is 13.8 Å². The lowest BCUT2D eigenvalue weighted by molar-refractivity contribution is -0.157. The van der Waals surface area contributed by atoms with Crippen molar-refractivity contribution in [2.75, 3.05) is 0 Å². The van der Waals surface area contributed by atoms with Gasteiger partial charge in [-0.25, -0.2) is 4.79 Å². The van der Waals surface area contributed by atoms with Crippen LogP contribution < -0.4 is 0 Å². The lowest BCUT2D eigenvalue weighted by Crippen LogP contribution is -2.46. The molecule has 1 spiro atoms. The molecule has 0 aromatic carbocycles. The summed E-state index contributed by atoms with van der Waals surface area (Å²) in [5.74, 6) is -0.228. The number of hydrogen-bond acceptors (Lipinski definition) is 5. The minimum atomic E-state index is -0.577. The first-order valence-corrected chi connectivity index (χ1v) is 5.95. The van der Waals surface area contributed by atoms with E-state index < -0.39 is 11.4 Å². The van der Waals surface area contributed by atoms with E-state index >= 15 is 0 Å². The van der Waals surface area contributed by atoms with E-state index in [0.29, 0.717) is 18.6 Å². The van der Waals surface area contributed by atoms with Gasteiger partial charge in [0.25, 0.3) is 0 Å². The molecule has 1 aliphatic carbocycles. The van der Waals surface area contributed by atoms with Gasteiger partial charge in [-0.05, 0) is 13.8 Å². The van der Waals surface area contributed by atoms with E-state index in [-0.39, 0.29) is 24.3 Å². The van der Waals surface area contributed by atoms with Gasteiger partial charge in [0.2, 0.25) is 0 Å². The average Bonchev–Trinajstić information content (AvgIpc) is 2.72. The van der Waals surface area contributed by atoms with E-state index in [0.717, 1.165) is 0 Å². The lowest BCUT2D eigenvalue weighted by atomic mass is 9.82. The molecule has 2 saturated heterocycles. The van der Waals surface area contributed by atoms with Crippen molar-refractivity contribution in [3.05, 3.63) is 11.8 Å². The maximum atomic E-state index is 11.3. The fourth-order valence-corrected chi connectivity index (χ4v) is 3.39. The molecular weight excluding hydrogens is 224 g/mol. The molecule has 5 heteroatoms. The Morgan fingerprint density at radius 3 is 2.82 bits per heavy atom. The summed E-state index contributed by atoms with van der Waals surface area (Å²) in [7, 11) is 0. The van der Waals surface area contributed by atoms with E-state index in [1.165, 1.54) is 6.08 Å². The maximum absolute atomic E-state index is 11.3. The third kappa shape index (κ3) is 1.18. The molecule has 3 fully saturated rings. The van der Waals surface area contributed by atoms with Gasteiger partial charge in [-0.1, -0.05) is 0 Å². The van der Waals surface area contributed by atoms with Gasteiger partial charge in [-0.3, -0.25) is 0 Å². The van der Waals surface area contributed by atoms with Gasteiger partial charge in [0.05, 0.1) is 12.2 Å². The van der Waals surface area contributed by atoms with Gasteiger partial charge in [0.15, 0.2) is 11.4 Å². The monoisotopic (exact) mass is 238 g/mol. The summed E-state index contributed by atoms with van der Waals surface area (Å²) in [6.45, 7) is 3.79. The molecule has 0 N–H and O–H groups in total. The van der Waals surface area contributed by atoms with Crippen molar-refractivity contribution in [1.82, 2.24) is 0 Å². The molecular formula is C12H14O5. The van der Waals surface area contributed by atoms with E-state index in [9.17, 15) is 4.79 Å². The van der Waals surface area contributed by atoms with Crippen molar-refractivity contribution < 1.29 is 23.7 Å². The fraction of sp³-hybridized carbons (Fsp3) is 0.750. The van der Waals surface area contributed by atoms with Crippen molar-refractivity contribution in [3.8, 4) is 0 Å². The van der Waals surface area contributed by atoms with Gasteiger partial charge >= 0.3 is 5.97 Å². The maximum Gasteiger partial charge on any atom is 0.335 e. The molecule has 0 aromatic rings. The molecule has 0 amide bonds. The molecule has 2 bridgehead atoms. The molecule has 3 heterocycles. The molecule has 4 atom stereocenters. The Labute approximate surface area is 98.7 Å². The van der Waals surface area contributed by atoms with Crippen LogP contribution in [0.2, 0.25) is 0 Å². The number of ether oxygens (including phenoxy) is 4. The number of carbonyl (C=O) groups excluding carboxylic acids is 1. The Kier molecular flexibility index (Phi) is 1.56. The van der Waals surface area contributed by atoms with Gasteiger partial charge in [0.1, 0.15) is 18.0 Å². The molecule has 0 aromatic heterocycles. The number of esters is 1. The Morgan fingerprint density at radius 1 is 1.24 bits per heavy atom. The number of carbonyl (C=O) groups is 1. The van der Waals surface area contributed by atoms with Crippen LogP contribution in [0.3, 0.4) is 0 Å². The smallest absolute Gasteiger partial charge is 0.335 e. The summed E-state index contributed by atoms with van der Waals surface area (Å²) in [4.78, 5) is 11.3. The molecule has 4 rings (SSSR count). The molecule has 17 heavy (non-hydrogen) atoms. The van der Waals surface area contributed by atoms with Crippen molar-refractivity contribution in [2.24, 2.45) is 0 Å². The molecule has 5 nitrogen and oxygen atoms in total. The number of hydrogen-bond donors (Lipinski definition) is 0. The number of fused-ring (bicyclic) bond motifs is 3. The van der Waals surface area contributed by atoms with Crippen LogP contribution in [0, 0.1) is 0 Å². The summed E-state index contributed by atoms with van der Waals surface area (Å²) >= 11 is 0. The zero-order chi connectivity index (χ0) is 11.8. The van der Waals surface area contributed by atoms with Gasteiger partial charge in [0, 0.05) is 12.8 Å². The number of rotatable bonds is 0. The minimum absolute atomic E-state index is 0.0548. The second kappa shape index (κ2) is 2.67. The highest BCUT2D eigenvalue weighted by Gasteiger charge is 2.64. The predicted molar refractivity (Wildman–Crippen MR) is 54.8 cm³/mol. The summed E-state index contributed by atoms with van der Waals surface area (Å²) in [6.07, 6.45) is 2.60. The van der Waals surface area contributed by atoms with Crippen LogP contribution in [0.15, 0.2) is 11.8 Å². The second-order valence-electron chi connectivity index (χ2n) is 5.63. The molecule has 0 radical (unpaired) electrons. The van der Waals surface area contributed by atoms with Crippen LogP contribution >= 0.6 is 0 Å². The average molecular weight is 238 g/mol. The van der Waals surface area contributed by atoms with Crippen LogP contribution in [0.4, 0.5) is 0 Å². The van der Waals surface area contributed by atoms with Crippen LogP contribution in [-0.2, 0) is 23.7 Å². The Morgan fingerprint density at radius 2 is 2.00 bits per heavy atom. The standard InChI is InChI=1S/C12H14O5/c1-11(2)15-7-5-12-4-6(10(7)17-11)14-8(12)3-9(13)16-12/h3,6-7,10H,4-5H2,1-2H3/t6-,7-,10?,12-/m1/s1. The first-order valence-electron chi connectivity index (χ1n) is 5.95. The highest BCUT2D eigenvalue weighted by molar-refractivity contribution is 5.86. The first-order chi connectivity index (χ1) is 7.97. The zero-order valence-electron chi connectivity index (χ0n) is 9.76. The molecule has 4 aliphatic rings. The topological polar surface area (TPSA) is 54.0 Å². The normalized spacial score (nSPS) is 49.2.